The molecule has 150 valence electrons. The van der Waals surface area contributed by atoms with Crippen molar-refractivity contribution >= 4 is 34.3 Å². The highest BCUT2D eigenvalue weighted by Gasteiger charge is 2.32. The third-order valence-corrected chi connectivity index (χ3v) is 5.38. The van der Waals surface area contributed by atoms with E-state index >= 15 is 0 Å². The Bertz CT molecular complexity index is 895. The molecule has 2 atom stereocenters. The second-order valence-electron chi connectivity index (χ2n) is 6.22. The Morgan fingerprint density at radius 1 is 1.36 bits per heavy atom. The van der Waals surface area contributed by atoms with Crippen LogP contribution >= 0.6 is 23.4 Å². The Labute approximate surface area is 167 Å². The van der Waals surface area contributed by atoms with E-state index in [0.29, 0.717) is 21.7 Å². The van der Waals surface area contributed by atoms with E-state index in [1.807, 2.05) is 0 Å². The molecule has 0 fully saturated rings. The van der Waals surface area contributed by atoms with Crippen molar-refractivity contribution < 1.29 is 22.4 Å². The van der Waals surface area contributed by atoms with Crippen LogP contribution in [0.25, 0.3) is 0 Å². The largest absolute Gasteiger partial charge is 0.408 e. The molecule has 2 heterocycles. The fourth-order valence-corrected chi connectivity index (χ4v) is 4.16. The summed E-state index contributed by atoms with van der Waals surface area (Å²) in [4.78, 5) is 16.8. The number of hydrogen-bond acceptors (Lipinski definition) is 4. The molecular weight excluding hydrogens is 420 g/mol. The van der Waals surface area contributed by atoms with E-state index in [1.54, 1.807) is 13.0 Å². The topological polar surface area (TPSA) is 59.3 Å². The van der Waals surface area contributed by atoms with Crippen LogP contribution in [-0.2, 0) is 13.0 Å². The summed E-state index contributed by atoms with van der Waals surface area (Å²) in [7, 11) is 0. The van der Waals surface area contributed by atoms with E-state index in [4.69, 9.17) is 11.6 Å². The Balaban J connectivity index is 1.64. The second-order valence-corrected chi connectivity index (χ2v) is 7.87. The minimum absolute atomic E-state index is 0.185. The zero-order valence-electron chi connectivity index (χ0n) is 14.5. The molecule has 2 unspecified atom stereocenters. The van der Waals surface area contributed by atoms with E-state index < -0.39 is 29.8 Å². The lowest BCUT2D eigenvalue weighted by Gasteiger charge is -2.16. The number of aliphatic imine (C=N–C) groups is 1. The van der Waals surface area contributed by atoms with Gasteiger partial charge in [0.2, 0.25) is 0 Å². The fraction of sp³-hybridized carbons (Fsp3) is 0.353. The fourth-order valence-electron chi connectivity index (χ4n) is 2.72. The number of thioether (sulfide) groups is 1. The number of amides is 1. The maximum Gasteiger partial charge on any atom is 0.408 e. The summed E-state index contributed by atoms with van der Waals surface area (Å²) >= 11 is 7.12. The summed E-state index contributed by atoms with van der Waals surface area (Å²) in [6.45, 7) is 0.425. The van der Waals surface area contributed by atoms with Crippen molar-refractivity contribution in [3.63, 3.8) is 0 Å². The lowest BCUT2D eigenvalue weighted by Crippen LogP contribution is -2.38. The quantitative estimate of drug-likeness (QED) is 0.722. The third-order valence-electron chi connectivity index (χ3n) is 3.88. The van der Waals surface area contributed by atoms with Gasteiger partial charge in [-0.1, -0.05) is 23.4 Å². The van der Waals surface area contributed by atoms with Crippen molar-refractivity contribution in [3.8, 4) is 0 Å². The average Bonchev–Trinajstić information content (AvgIpc) is 3.11. The first-order valence-electron chi connectivity index (χ1n) is 8.18. The van der Waals surface area contributed by atoms with Gasteiger partial charge in [-0.15, -0.1) is 0 Å². The molecule has 3 rings (SSSR count). The minimum Gasteiger partial charge on any atom is -0.336 e. The molecule has 1 aliphatic heterocycles. The maximum absolute atomic E-state index is 13.5. The van der Waals surface area contributed by atoms with Gasteiger partial charge in [-0.05, 0) is 36.8 Å². The van der Waals surface area contributed by atoms with Crippen molar-refractivity contribution in [1.82, 2.24) is 15.1 Å². The van der Waals surface area contributed by atoms with Crippen molar-refractivity contribution in [3.05, 3.63) is 52.6 Å². The number of aromatic nitrogens is 2. The van der Waals surface area contributed by atoms with Gasteiger partial charge in [0, 0.05) is 17.6 Å². The summed E-state index contributed by atoms with van der Waals surface area (Å²) in [6.07, 6.45) is -3.01. The third kappa shape index (κ3) is 5.26. The first-order chi connectivity index (χ1) is 13.1. The van der Waals surface area contributed by atoms with Crippen molar-refractivity contribution in [2.45, 2.75) is 37.5 Å². The number of nitrogens with one attached hydrogen (secondary N) is 1. The molecule has 1 aromatic carbocycles. The molecular formula is C17H15ClF4N4OS. The van der Waals surface area contributed by atoms with E-state index in [1.165, 1.54) is 30.0 Å². The van der Waals surface area contributed by atoms with Crippen LogP contribution in [0.4, 0.5) is 17.6 Å². The van der Waals surface area contributed by atoms with Gasteiger partial charge >= 0.3 is 6.18 Å². The molecule has 5 nitrogen and oxygen atoms in total. The normalized spacial score (nSPS) is 19.6. The number of alkyl halides is 3. The molecule has 1 N–H and O–H groups in total. The molecule has 0 spiro atoms. The molecule has 0 radical (unpaired) electrons. The molecule has 1 aromatic heterocycles. The molecule has 2 aromatic rings. The first-order valence-corrected chi connectivity index (χ1v) is 9.44. The van der Waals surface area contributed by atoms with Crippen molar-refractivity contribution in [2.24, 2.45) is 4.99 Å². The monoisotopic (exact) mass is 434 g/mol. The van der Waals surface area contributed by atoms with Crippen LogP contribution in [0.2, 0.25) is 5.02 Å². The smallest absolute Gasteiger partial charge is 0.336 e. The molecule has 0 bridgehead atoms. The zero-order chi connectivity index (χ0) is 20.5. The van der Waals surface area contributed by atoms with Gasteiger partial charge in [-0.3, -0.25) is 14.5 Å². The van der Waals surface area contributed by atoms with Gasteiger partial charge < -0.3 is 5.32 Å². The van der Waals surface area contributed by atoms with Crippen LogP contribution in [0.5, 0.6) is 0 Å². The van der Waals surface area contributed by atoms with E-state index in [9.17, 15) is 22.4 Å². The lowest BCUT2D eigenvalue weighted by molar-refractivity contribution is -0.142. The number of nitrogens with zero attached hydrogens (tertiary/aromatic N) is 3. The number of hydrogen-bond donors (Lipinski definition) is 1. The van der Waals surface area contributed by atoms with Crippen LogP contribution < -0.4 is 5.32 Å². The Hall–Kier alpha value is -2.07. The molecule has 0 saturated heterocycles. The van der Waals surface area contributed by atoms with Crippen molar-refractivity contribution in [1.29, 1.82) is 0 Å². The van der Waals surface area contributed by atoms with Gasteiger partial charge in [-0.2, -0.15) is 18.3 Å². The Morgan fingerprint density at radius 2 is 2.11 bits per heavy atom. The lowest BCUT2D eigenvalue weighted by atomic mass is 10.1. The predicted octanol–water partition coefficient (Wildman–Crippen LogP) is 4.07. The summed E-state index contributed by atoms with van der Waals surface area (Å²) in [5.74, 6) is -1.13. The maximum atomic E-state index is 13.5. The average molecular weight is 435 g/mol. The van der Waals surface area contributed by atoms with E-state index in [0.717, 1.165) is 6.20 Å². The van der Waals surface area contributed by atoms with Crippen LogP contribution in [0.3, 0.4) is 0 Å². The number of benzene rings is 1. The standard InChI is InChI=1S/C17H15ClF4N4OS/c1-9-16(25-15(27)13-2-3-23-26(13)8-17(20,21)22)28-14(24-9)6-10-4-11(18)7-12(19)5-10/h2-5,7,9,16H,6,8H2,1H3,(H,25,27). The molecule has 11 heteroatoms. The van der Waals surface area contributed by atoms with Gasteiger partial charge in [0.15, 0.2) is 0 Å². The second kappa shape index (κ2) is 8.12. The summed E-state index contributed by atoms with van der Waals surface area (Å²) < 4.78 is 51.9. The first kappa shape index (κ1) is 20.7. The number of carbonyl (C=O) groups excluding carboxylic acids is 1. The van der Waals surface area contributed by atoms with E-state index in [2.05, 4.69) is 15.4 Å². The van der Waals surface area contributed by atoms with Crippen LogP contribution in [-0.4, -0.2) is 38.3 Å². The van der Waals surface area contributed by atoms with Crippen LogP contribution in [0.1, 0.15) is 23.0 Å². The van der Waals surface area contributed by atoms with Gasteiger partial charge in [0.05, 0.1) is 11.1 Å². The number of carbonyl (C=O) groups is 1. The van der Waals surface area contributed by atoms with Gasteiger partial charge in [0.1, 0.15) is 23.4 Å². The number of halogens is 5. The Morgan fingerprint density at radius 3 is 2.79 bits per heavy atom. The van der Waals surface area contributed by atoms with Crippen molar-refractivity contribution in [2.75, 3.05) is 0 Å². The highest BCUT2D eigenvalue weighted by Crippen LogP contribution is 2.28. The Kier molecular flexibility index (Phi) is 5.99. The molecule has 0 saturated carbocycles. The summed E-state index contributed by atoms with van der Waals surface area (Å²) in [5.41, 5.74) is 0.453. The summed E-state index contributed by atoms with van der Waals surface area (Å²) in [5, 5.41) is 6.72. The van der Waals surface area contributed by atoms with Gasteiger partial charge in [0.25, 0.3) is 5.91 Å². The SMILES string of the molecule is CC1N=C(Cc2cc(F)cc(Cl)c2)SC1NC(=O)c1ccnn1CC(F)(F)F. The highest BCUT2D eigenvalue weighted by molar-refractivity contribution is 8.14. The van der Waals surface area contributed by atoms with Crippen LogP contribution in [0, 0.1) is 5.82 Å². The predicted molar refractivity (Wildman–Crippen MR) is 99.1 cm³/mol. The molecule has 1 aliphatic rings. The summed E-state index contributed by atoms with van der Waals surface area (Å²) in [6, 6.07) is 5.10. The zero-order valence-corrected chi connectivity index (χ0v) is 16.1. The molecule has 1 amide bonds. The van der Waals surface area contributed by atoms with Gasteiger partial charge in [-0.25, -0.2) is 4.39 Å². The molecule has 0 aliphatic carbocycles. The molecule has 28 heavy (non-hydrogen) atoms. The van der Waals surface area contributed by atoms with Crippen LogP contribution in [0.15, 0.2) is 35.5 Å². The highest BCUT2D eigenvalue weighted by atomic mass is 35.5. The number of rotatable bonds is 5. The minimum atomic E-state index is -4.49. The van der Waals surface area contributed by atoms with E-state index in [-0.39, 0.29) is 16.8 Å².